The molecule has 1 heterocycles. The van der Waals surface area contributed by atoms with Crippen LogP contribution >= 0.6 is 11.8 Å². The van der Waals surface area contributed by atoms with Gasteiger partial charge in [-0.15, -0.1) is 11.8 Å². The smallest absolute Gasteiger partial charge is 0.306 e. The van der Waals surface area contributed by atoms with Crippen LogP contribution in [0.5, 0.6) is 11.5 Å². The number of nitrogens with zero attached hydrogens (tertiary/aromatic N) is 1. The SMILES string of the molecule is COC(=O)CCSc1ncccc1OCc1ccc(OC)cc1. The summed E-state index contributed by atoms with van der Waals surface area (Å²) >= 11 is 1.48. The van der Waals surface area contributed by atoms with Gasteiger partial charge in [0, 0.05) is 11.9 Å². The van der Waals surface area contributed by atoms with Crippen molar-refractivity contribution in [1.82, 2.24) is 4.98 Å². The highest BCUT2D eigenvalue weighted by molar-refractivity contribution is 7.99. The molecule has 0 aliphatic carbocycles. The quantitative estimate of drug-likeness (QED) is 0.545. The van der Waals surface area contributed by atoms with Crippen LogP contribution in [0.4, 0.5) is 0 Å². The molecule has 0 amide bonds. The first-order valence-electron chi connectivity index (χ1n) is 7.13. The normalized spacial score (nSPS) is 10.2. The van der Waals surface area contributed by atoms with E-state index in [0.29, 0.717) is 24.5 Å². The van der Waals surface area contributed by atoms with Crippen molar-refractivity contribution in [3.05, 3.63) is 48.2 Å². The number of esters is 1. The molecule has 0 N–H and O–H groups in total. The second kappa shape index (κ2) is 9.05. The maximum atomic E-state index is 11.2. The summed E-state index contributed by atoms with van der Waals surface area (Å²) in [4.78, 5) is 15.5. The molecule has 0 aliphatic rings. The average molecular weight is 333 g/mol. The standard InChI is InChI=1S/C17H19NO4S/c1-20-14-7-5-13(6-8-14)12-22-15-4-3-10-18-17(15)23-11-9-16(19)21-2/h3-8,10H,9,11-12H2,1-2H3. The summed E-state index contributed by atoms with van der Waals surface area (Å²) in [6.07, 6.45) is 2.05. The van der Waals surface area contributed by atoms with Crippen molar-refractivity contribution in [1.29, 1.82) is 0 Å². The molecule has 0 unspecified atom stereocenters. The van der Waals surface area contributed by atoms with E-state index in [2.05, 4.69) is 9.72 Å². The van der Waals surface area contributed by atoms with E-state index in [1.165, 1.54) is 18.9 Å². The second-order valence-electron chi connectivity index (χ2n) is 4.62. The number of carbonyl (C=O) groups excluding carboxylic acids is 1. The van der Waals surface area contributed by atoms with Crippen molar-refractivity contribution >= 4 is 17.7 Å². The second-order valence-corrected chi connectivity index (χ2v) is 5.70. The fourth-order valence-electron chi connectivity index (χ4n) is 1.81. The van der Waals surface area contributed by atoms with Gasteiger partial charge in [-0.2, -0.15) is 0 Å². The van der Waals surface area contributed by atoms with E-state index in [1.54, 1.807) is 13.3 Å². The van der Waals surface area contributed by atoms with Crippen molar-refractivity contribution < 1.29 is 19.0 Å². The van der Waals surface area contributed by atoms with E-state index >= 15 is 0 Å². The highest BCUT2D eigenvalue weighted by Gasteiger charge is 2.08. The summed E-state index contributed by atoms with van der Waals surface area (Å²) in [6.45, 7) is 0.445. The summed E-state index contributed by atoms with van der Waals surface area (Å²) in [7, 11) is 3.02. The molecule has 23 heavy (non-hydrogen) atoms. The van der Waals surface area contributed by atoms with Crippen molar-refractivity contribution in [2.45, 2.75) is 18.1 Å². The highest BCUT2D eigenvalue weighted by atomic mass is 32.2. The van der Waals surface area contributed by atoms with E-state index in [0.717, 1.165) is 16.3 Å². The van der Waals surface area contributed by atoms with Gasteiger partial charge in [0.25, 0.3) is 0 Å². The Kier molecular flexibility index (Phi) is 6.75. The summed E-state index contributed by atoms with van der Waals surface area (Å²) in [5, 5.41) is 0.768. The predicted octanol–water partition coefficient (Wildman–Crippen LogP) is 3.32. The predicted molar refractivity (Wildman–Crippen MR) is 88.9 cm³/mol. The molecular weight excluding hydrogens is 314 g/mol. The van der Waals surface area contributed by atoms with E-state index in [1.807, 2.05) is 36.4 Å². The lowest BCUT2D eigenvalue weighted by molar-refractivity contribution is -0.140. The molecule has 1 aromatic carbocycles. The van der Waals surface area contributed by atoms with E-state index < -0.39 is 0 Å². The largest absolute Gasteiger partial charge is 0.497 e. The minimum atomic E-state index is -0.228. The topological polar surface area (TPSA) is 57.7 Å². The Morgan fingerprint density at radius 2 is 1.96 bits per heavy atom. The average Bonchev–Trinajstić information content (AvgIpc) is 2.61. The van der Waals surface area contributed by atoms with Crippen LogP contribution in [0.25, 0.3) is 0 Å². The molecule has 2 aromatic rings. The molecule has 6 heteroatoms. The van der Waals surface area contributed by atoms with Crippen LogP contribution in [-0.4, -0.2) is 30.9 Å². The van der Waals surface area contributed by atoms with Gasteiger partial charge in [-0.3, -0.25) is 4.79 Å². The fraction of sp³-hybridized carbons (Fsp3) is 0.294. The maximum absolute atomic E-state index is 11.2. The lowest BCUT2D eigenvalue weighted by atomic mass is 10.2. The zero-order valence-electron chi connectivity index (χ0n) is 13.2. The Morgan fingerprint density at radius 1 is 1.17 bits per heavy atom. The molecule has 0 saturated carbocycles. The molecule has 0 fully saturated rings. The molecule has 5 nitrogen and oxygen atoms in total. The van der Waals surface area contributed by atoms with Crippen LogP contribution in [-0.2, 0) is 16.1 Å². The Balaban J connectivity index is 1.92. The maximum Gasteiger partial charge on any atom is 0.306 e. The molecule has 1 aromatic heterocycles. The van der Waals surface area contributed by atoms with Crippen molar-refractivity contribution in [2.24, 2.45) is 0 Å². The number of benzene rings is 1. The van der Waals surface area contributed by atoms with Crippen LogP contribution < -0.4 is 9.47 Å². The van der Waals surface area contributed by atoms with Crippen LogP contribution in [0, 0.1) is 0 Å². The molecule has 0 spiro atoms. The van der Waals surface area contributed by atoms with Crippen molar-refractivity contribution in [2.75, 3.05) is 20.0 Å². The van der Waals surface area contributed by atoms with Gasteiger partial charge in [-0.1, -0.05) is 12.1 Å². The van der Waals surface area contributed by atoms with Gasteiger partial charge in [0.05, 0.1) is 20.6 Å². The van der Waals surface area contributed by atoms with E-state index in [-0.39, 0.29) is 5.97 Å². The first kappa shape index (κ1) is 17.1. The van der Waals surface area contributed by atoms with Gasteiger partial charge in [-0.25, -0.2) is 4.98 Å². The minimum absolute atomic E-state index is 0.228. The Hall–Kier alpha value is -2.21. The van der Waals surface area contributed by atoms with Crippen molar-refractivity contribution in [3.63, 3.8) is 0 Å². The van der Waals surface area contributed by atoms with E-state index in [9.17, 15) is 4.79 Å². The van der Waals surface area contributed by atoms with Gasteiger partial charge < -0.3 is 14.2 Å². The van der Waals surface area contributed by atoms with Gasteiger partial charge in [0.2, 0.25) is 0 Å². The zero-order chi connectivity index (χ0) is 16.5. The van der Waals surface area contributed by atoms with Gasteiger partial charge in [-0.05, 0) is 29.8 Å². The van der Waals surface area contributed by atoms with Gasteiger partial charge >= 0.3 is 5.97 Å². The van der Waals surface area contributed by atoms with Gasteiger partial charge in [0.1, 0.15) is 17.4 Å². The molecule has 2 rings (SSSR count). The first-order chi connectivity index (χ1) is 11.2. The molecule has 0 bridgehead atoms. The minimum Gasteiger partial charge on any atom is -0.497 e. The number of hydrogen-bond acceptors (Lipinski definition) is 6. The lowest BCUT2D eigenvalue weighted by Gasteiger charge is -2.10. The Bertz CT molecular complexity index is 631. The highest BCUT2D eigenvalue weighted by Crippen LogP contribution is 2.28. The molecular formula is C17H19NO4S. The number of rotatable bonds is 8. The lowest BCUT2D eigenvalue weighted by Crippen LogP contribution is -2.02. The Morgan fingerprint density at radius 3 is 2.65 bits per heavy atom. The zero-order valence-corrected chi connectivity index (χ0v) is 14.0. The summed E-state index contributed by atoms with van der Waals surface area (Å²) < 4.78 is 15.6. The number of thioether (sulfide) groups is 1. The molecule has 122 valence electrons. The summed E-state index contributed by atoms with van der Waals surface area (Å²) in [6, 6.07) is 11.4. The third-order valence-corrected chi connectivity index (χ3v) is 4.05. The summed E-state index contributed by atoms with van der Waals surface area (Å²) in [5.74, 6) is 1.89. The number of ether oxygens (including phenoxy) is 3. The number of methoxy groups -OCH3 is 2. The monoisotopic (exact) mass is 333 g/mol. The third-order valence-electron chi connectivity index (χ3n) is 3.06. The molecule has 0 atom stereocenters. The fourth-order valence-corrected chi connectivity index (χ4v) is 2.68. The number of aromatic nitrogens is 1. The van der Waals surface area contributed by atoms with Crippen LogP contribution in [0.3, 0.4) is 0 Å². The number of carbonyl (C=O) groups is 1. The number of hydrogen-bond donors (Lipinski definition) is 0. The van der Waals surface area contributed by atoms with Crippen LogP contribution in [0.1, 0.15) is 12.0 Å². The van der Waals surface area contributed by atoms with Crippen molar-refractivity contribution in [3.8, 4) is 11.5 Å². The number of pyridine rings is 1. The third kappa shape index (κ3) is 5.49. The van der Waals surface area contributed by atoms with Crippen LogP contribution in [0.15, 0.2) is 47.6 Å². The van der Waals surface area contributed by atoms with Crippen LogP contribution in [0.2, 0.25) is 0 Å². The molecule has 0 radical (unpaired) electrons. The summed E-state index contributed by atoms with van der Waals surface area (Å²) in [5.41, 5.74) is 1.04. The molecule has 0 saturated heterocycles. The Labute approximate surface area is 140 Å². The molecule has 0 aliphatic heterocycles. The van der Waals surface area contributed by atoms with Gasteiger partial charge in [0.15, 0.2) is 5.75 Å². The van der Waals surface area contributed by atoms with E-state index in [4.69, 9.17) is 9.47 Å². The first-order valence-corrected chi connectivity index (χ1v) is 8.12.